The van der Waals surface area contributed by atoms with E-state index in [1.165, 1.54) is 0 Å². The molecule has 0 aromatic carbocycles. The average Bonchev–Trinajstić information content (AvgIpc) is 2.74. The summed E-state index contributed by atoms with van der Waals surface area (Å²) in [4.78, 5) is 16.3. The third-order valence-electron chi connectivity index (χ3n) is 2.82. The molecule has 2 unspecified atom stereocenters. The van der Waals surface area contributed by atoms with Gasteiger partial charge in [0.05, 0.1) is 12.3 Å². The van der Waals surface area contributed by atoms with Crippen LogP contribution in [0.3, 0.4) is 0 Å². The molecule has 4 nitrogen and oxygen atoms in total. The van der Waals surface area contributed by atoms with Gasteiger partial charge in [-0.2, -0.15) is 0 Å². The van der Waals surface area contributed by atoms with Crippen LogP contribution in [0.25, 0.3) is 0 Å². The number of nitrogens with zero attached hydrogens (tertiary/aromatic N) is 1. The first-order valence-electron chi connectivity index (χ1n) is 6.16. The molecule has 1 heterocycles. The van der Waals surface area contributed by atoms with Crippen molar-refractivity contribution in [2.75, 3.05) is 0 Å². The molecule has 0 saturated carbocycles. The predicted molar refractivity (Wildman–Crippen MR) is 69.6 cm³/mol. The molecule has 0 bridgehead atoms. The fourth-order valence-corrected chi connectivity index (χ4v) is 2.03. The fraction of sp³-hybridized carbons (Fsp3) is 0.429. The minimum atomic E-state index is -0.129. The predicted octanol–water partition coefficient (Wildman–Crippen LogP) is 1.95. The van der Waals surface area contributed by atoms with Crippen LogP contribution in [0.5, 0.6) is 5.75 Å². The molecular formula is C14H18N2O2. The molecule has 1 aliphatic carbocycles. The van der Waals surface area contributed by atoms with Gasteiger partial charge in [0.15, 0.2) is 5.78 Å². The van der Waals surface area contributed by atoms with Crippen molar-refractivity contribution in [2.24, 2.45) is 11.7 Å². The van der Waals surface area contributed by atoms with Crippen molar-refractivity contribution in [1.29, 1.82) is 0 Å². The Bertz CT molecular complexity index is 469. The number of carbonyl (C=O) groups excluding carboxylic acids is 1. The number of hydrogen-bond acceptors (Lipinski definition) is 4. The minimum Gasteiger partial charge on any atom is -0.489 e. The third-order valence-corrected chi connectivity index (χ3v) is 2.82. The highest BCUT2D eigenvalue weighted by Gasteiger charge is 2.24. The second kappa shape index (κ2) is 5.31. The number of aromatic nitrogens is 1. The lowest BCUT2D eigenvalue weighted by atomic mass is 9.97. The Morgan fingerprint density at radius 1 is 1.44 bits per heavy atom. The maximum Gasteiger partial charge on any atom is 0.171 e. The molecule has 2 atom stereocenters. The molecule has 18 heavy (non-hydrogen) atoms. The first kappa shape index (κ1) is 12.8. The van der Waals surface area contributed by atoms with Crippen LogP contribution in [0.4, 0.5) is 0 Å². The highest BCUT2D eigenvalue weighted by molar-refractivity contribution is 5.99. The zero-order chi connectivity index (χ0) is 13.1. The zero-order valence-electron chi connectivity index (χ0n) is 10.7. The first-order chi connectivity index (χ1) is 8.56. The Kier molecular flexibility index (Phi) is 3.77. The molecule has 0 saturated heterocycles. The SMILES string of the molecule is CC(C)Oc1cncc(C(=O)C2C=CC(N)C2)c1. The fourth-order valence-electron chi connectivity index (χ4n) is 2.03. The van der Waals surface area contributed by atoms with Crippen LogP contribution in [-0.2, 0) is 0 Å². The number of nitrogens with two attached hydrogens (primary N) is 1. The van der Waals surface area contributed by atoms with E-state index in [1.54, 1.807) is 18.5 Å². The molecule has 2 N–H and O–H groups in total. The standard InChI is InChI=1S/C14H18N2O2/c1-9(2)18-13-6-11(7-16-8-13)14(17)10-3-4-12(15)5-10/h3-4,6-10,12H,5,15H2,1-2H3. The number of hydrogen-bond donors (Lipinski definition) is 1. The lowest BCUT2D eigenvalue weighted by Crippen LogP contribution is -2.19. The number of pyridine rings is 1. The van der Waals surface area contributed by atoms with Gasteiger partial charge in [0.25, 0.3) is 0 Å². The zero-order valence-corrected chi connectivity index (χ0v) is 10.7. The topological polar surface area (TPSA) is 65.2 Å². The summed E-state index contributed by atoms with van der Waals surface area (Å²) in [6.07, 6.45) is 7.69. The maximum absolute atomic E-state index is 12.2. The van der Waals surface area contributed by atoms with Gasteiger partial charge in [0.1, 0.15) is 5.75 Å². The summed E-state index contributed by atoms with van der Waals surface area (Å²) in [6.45, 7) is 3.88. The number of ether oxygens (including phenoxy) is 1. The van der Waals surface area contributed by atoms with Crippen molar-refractivity contribution in [3.05, 3.63) is 36.2 Å². The Morgan fingerprint density at radius 3 is 2.83 bits per heavy atom. The van der Waals surface area contributed by atoms with E-state index >= 15 is 0 Å². The van der Waals surface area contributed by atoms with Gasteiger partial charge >= 0.3 is 0 Å². The highest BCUT2D eigenvalue weighted by atomic mass is 16.5. The van der Waals surface area contributed by atoms with E-state index in [0.717, 1.165) is 0 Å². The monoisotopic (exact) mass is 246 g/mol. The Balaban J connectivity index is 2.13. The molecule has 0 spiro atoms. The molecule has 1 aliphatic rings. The number of rotatable bonds is 4. The summed E-state index contributed by atoms with van der Waals surface area (Å²) in [6, 6.07) is 1.73. The summed E-state index contributed by atoms with van der Waals surface area (Å²) in [5.41, 5.74) is 6.34. The van der Waals surface area contributed by atoms with Gasteiger partial charge < -0.3 is 10.5 Å². The van der Waals surface area contributed by atoms with Gasteiger partial charge in [-0.15, -0.1) is 0 Å². The van der Waals surface area contributed by atoms with Crippen molar-refractivity contribution >= 4 is 5.78 Å². The average molecular weight is 246 g/mol. The molecule has 2 rings (SSSR count). The van der Waals surface area contributed by atoms with Gasteiger partial charge in [-0.1, -0.05) is 12.2 Å². The van der Waals surface area contributed by atoms with Crippen molar-refractivity contribution in [1.82, 2.24) is 4.98 Å². The van der Waals surface area contributed by atoms with E-state index in [4.69, 9.17) is 10.5 Å². The summed E-state index contributed by atoms with van der Waals surface area (Å²) in [7, 11) is 0. The van der Waals surface area contributed by atoms with Gasteiger partial charge in [-0.25, -0.2) is 0 Å². The molecule has 0 fully saturated rings. The minimum absolute atomic E-state index is 0.0120. The van der Waals surface area contributed by atoms with Crippen LogP contribution in [-0.4, -0.2) is 22.9 Å². The van der Waals surface area contributed by atoms with E-state index in [-0.39, 0.29) is 23.8 Å². The molecule has 0 amide bonds. The van der Waals surface area contributed by atoms with E-state index in [0.29, 0.717) is 17.7 Å². The van der Waals surface area contributed by atoms with Gasteiger partial charge in [0.2, 0.25) is 0 Å². The van der Waals surface area contributed by atoms with Crippen molar-refractivity contribution in [2.45, 2.75) is 32.4 Å². The van der Waals surface area contributed by atoms with E-state index in [9.17, 15) is 4.79 Å². The molecule has 4 heteroatoms. The van der Waals surface area contributed by atoms with Crippen molar-refractivity contribution < 1.29 is 9.53 Å². The Hall–Kier alpha value is -1.68. The molecular weight excluding hydrogens is 228 g/mol. The third kappa shape index (κ3) is 2.96. The smallest absolute Gasteiger partial charge is 0.171 e. The normalized spacial score (nSPS) is 22.4. The second-order valence-corrected chi connectivity index (χ2v) is 4.83. The number of carbonyl (C=O) groups is 1. The van der Waals surface area contributed by atoms with E-state index in [1.807, 2.05) is 26.0 Å². The van der Waals surface area contributed by atoms with Crippen LogP contribution in [0.2, 0.25) is 0 Å². The van der Waals surface area contributed by atoms with Gasteiger partial charge in [-0.3, -0.25) is 9.78 Å². The second-order valence-electron chi connectivity index (χ2n) is 4.83. The van der Waals surface area contributed by atoms with E-state index in [2.05, 4.69) is 4.98 Å². The Labute approximate surface area is 107 Å². The Morgan fingerprint density at radius 2 is 2.22 bits per heavy atom. The van der Waals surface area contributed by atoms with Crippen LogP contribution in [0, 0.1) is 5.92 Å². The van der Waals surface area contributed by atoms with Gasteiger partial charge in [-0.05, 0) is 26.3 Å². The maximum atomic E-state index is 12.2. The molecule has 1 aromatic rings. The van der Waals surface area contributed by atoms with Crippen molar-refractivity contribution in [3.63, 3.8) is 0 Å². The molecule has 96 valence electrons. The van der Waals surface area contributed by atoms with Gasteiger partial charge in [0, 0.05) is 23.7 Å². The number of ketones is 1. The largest absolute Gasteiger partial charge is 0.489 e. The summed E-state index contributed by atoms with van der Waals surface area (Å²) in [5, 5.41) is 0. The van der Waals surface area contributed by atoms with Crippen LogP contribution in [0.15, 0.2) is 30.6 Å². The van der Waals surface area contributed by atoms with Crippen molar-refractivity contribution in [3.8, 4) is 5.75 Å². The van der Waals surface area contributed by atoms with Crippen LogP contribution < -0.4 is 10.5 Å². The quantitative estimate of drug-likeness (QED) is 0.651. The molecule has 0 radical (unpaired) electrons. The molecule has 0 aliphatic heterocycles. The summed E-state index contributed by atoms with van der Waals surface area (Å²) >= 11 is 0. The highest BCUT2D eigenvalue weighted by Crippen LogP contribution is 2.23. The summed E-state index contributed by atoms with van der Waals surface area (Å²) in [5.74, 6) is 0.555. The summed E-state index contributed by atoms with van der Waals surface area (Å²) < 4.78 is 5.53. The number of Topliss-reactive ketones (excluding diaryl/α,β-unsaturated/α-hetero) is 1. The van der Waals surface area contributed by atoms with Crippen LogP contribution in [0.1, 0.15) is 30.6 Å². The lowest BCUT2D eigenvalue weighted by Gasteiger charge is -2.11. The van der Waals surface area contributed by atoms with Crippen LogP contribution >= 0.6 is 0 Å². The molecule has 1 aromatic heterocycles. The van der Waals surface area contributed by atoms with E-state index < -0.39 is 0 Å². The first-order valence-corrected chi connectivity index (χ1v) is 6.16. The number of allylic oxidation sites excluding steroid dienone is 1. The lowest BCUT2D eigenvalue weighted by molar-refractivity contribution is 0.0941.